The van der Waals surface area contributed by atoms with E-state index in [1.165, 1.54) is 0 Å². The van der Waals surface area contributed by atoms with Crippen molar-refractivity contribution >= 4 is 22.9 Å². The third-order valence-corrected chi connectivity index (χ3v) is 3.84. The molecular formula is C16H19N4O2. The van der Waals surface area contributed by atoms with Crippen molar-refractivity contribution in [2.75, 3.05) is 16.8 Å². The highest BCUT2D eigenvalue weighted by atomic mass is 16.3. The lowest BCUT2D eigenvalue weighted by atomic mass is 10.0. The first-order chi connectivity index (χ1) is 10.4. The van der Waals surface area contributed by atoms with Gasteiger partial charge < -0.3 is 10.2 Å². The van der Waals surface area contributed by atoms with E-state index in [1.807, 2.05) is 24.8 Å². The molecule has 0 saturated heterocycles. The fraction of sp³-hybridized carbons (Fsp3) is 0.375. The Morgan fingerprint density at radius 3 is 2.59 bits per heavy atom. The monoisotopic (exact) mass is 299 g/mol. The SMILES string of the molecule is Cc1cc2c(cc1C)N(CC(C)C)c1nc([O])[nH]c(=O)c1N2. The molecule has 2 N–H and O–H groups in total. The largest absolute Gasteiger partial charge is 0.349 e. The summed E-state index contributed by atoms with van der Waals surface area (Å²) < 4.78 is 0. The highest BCUT2D eigenvalue weighted by molar-refractivity contribution is 5.90. The van der Waals surface area contributed by atoms with Crippen LogP contribution in [0.3, 0.4) is 0 Å². The number of rotatable bonds is 2. The van der Waals surface area contributed by atoms with Crippen molar-refractivity contribution in [1.29, 1.82) is 0 Å². The van der Waals surface area contributed by atoms with Gasteiger partial charge in [-0.25, -0.2) is 5.11 Å². The van der Waals surface area contributed by atoms with Gasteiger partial charge in [-0.05, 0) is 43.0 Å². The van der Waals surface area contributed by atoms with E-state index in [0.29, 0.717) is 24.0 Å². The molecule has 22 heavy (non-hydrogen) atoms. The summed E-state index contributed by atoms with van der Waals surface area (Å²) in [7, 11) is 0. The van der Waals surface area contributed by atoms with Crippen LogP contribution in [0.4, 0.5) is 22.9 Å². The molecule has 2 aromatic rings. The Kier molecular flexibility index (Phi) is 3.31. The fourth-order valence-corrected chi connectivity index (χ4v) is 2.67. The Labute approximate surface area is 128 Å². The fourth-order valence-electron chi connectivity index (χ4n) is 2.67. The Hall–Kier alpha value is -2.50. The second kappa shape index (κ2) is 5.05. The van der Waals surface area contributed by atoms with Crippen LogP contribution in [-0.4, -0.2) is 16.5 Å². The van der Waals surface area contributed by atoms with E-state index in [2.05, 4.69) is 35.2 Å². The number of aromatic nitrogens is 2. The zero-order chi connectivity index (χ0) is 16.0. The van der Waals surface area contributed by atoms with Gasteiger partial charge in [0.2, 0.25) is 0 Å². The Morgan fingerprint density at radius 2 is 1.91 bits per heavy atom. The molecule has 1 aliphatic rings. The first kappa shape index (κ1) is 14.4. The predicted molar refractivity (Wildman–Crippen MR) is 86.0 cm³/mol. The molecule has 1 aromatic heterocycles. The lowest BCUT2D eigenvalue weighted by molar-refractivity contribution is 0.318. The number of hydrogen-bond acceptors (Lipinski definition) is 4. The number of hydrogen-bond donors (Lipinski definition) is 2. The lowest BCUT2D eigenvalue weighted by Crippen LogP contribution is -2.31. The molecule has 0 unspecified atom stereocenters. The van der Waals surface area contributed by atoms with E-state index in [4.69, 9.17) is 0 Å². The van der Waals surface area contributed by atoms with Gasteiger partial charge in [0.05, 0.1) is 11.4 Å². The molecule has 0 fully saturated rings. The van der Waals surface area contributed by atoms with Gasteiger partial charge in [-0.2, -0.15) is 4.98 Å². The van der Waals surface area contributed by atoms with Crippen LogP contribution in [0.25, 0.3) is 0 Å². The van der Waals surface area contributed by atoms with E-state index >= 15 is 0 Å². The molecule has 6 heteroatoms. The number of benzene rings is 1. The summed E-state index contributed by atoms with van der Waals surface area (Å²) in [6.07, 6.45) is 0. The maximum Gasteiger partial charge on any atom is 0.349 e. The molecule has 0 bridgehead atoms. The van der Waals surface area contributed by atoms with Crippen molar-refractivity contribution in [3.8, 4) is 6.01 Å². The Morgan fingerprint density at radius 1 is 1.23 bits per heavy atom. The molecule has 0 aliphatic carbocycles. The van der Waals surface area contributed by atoms with Crippen LogP contribution in [0.1, 0.15) is 25.0 Å². The molecule has 0 amide bonds. The van der Waals surface area contributed by atoms with Crippen molar-refractivity contribution < 1.29 is 5.11 Å². The summed E-state index contributed by atoms with van der Waals surface area (Å²) in [5.41, 5.74) is 4.00. The van der Waals surface area contributed by atoms with Gasteiger partial charge in [-0.1, -0.05) is 13.8 Å². The van der Waals surface area contributed by atoms with E-state index in [-0.39, 0.29) is 0 Å². The summed E-state index contributed by atoms with van der Waals surface area (Å²) >= 11 is 0. The van der Waals surface area contributed by atoms with E-state index in [1.54, 1.807) is 0 Å². The second-order valence-electron chi connectivity index (χ2n) is 6.15. The van der Waals surface area contributed by atoms with Crippen LogP contribution < -0.4 is 15.8 Å². The first-order valence-corrected chi connectivity index (χ1v) is 7.34. The van der Waals surface area contributed by atoms with Gasteiger partial charge in [0.1, 0.15) is 5.69 Å². The van der Waals surface area contributed by atoms with Crippen LogP contribution >= 0.6 is 0 Å². The average Bonchev–Trinajstić information content (AvgIpc) is 2.41. The Balaban J connectivity index is 2.24. The molecular weight excluding hydrogens is 280 g/mol. The van der Waals surface area contributed by atoms with Crippen molar-refractivity contribution in [1.82, 2.24) is 9.97 Å². The summed E-state index contributed by atoms with van der Waals surface area (Å²) in [6.45, 7) is 8.94. The van der Waals surface area contributed by atoms with Gasteiger partial charge in [-0.3, -0.25) is 9.78 Å². The highest BCUT2D eigenvalue weighted by Gasteiger charge is 2.28. The van der Waals surface area contributed by atoms with Gasteiger partial charge in [0, 0.05) is 6.54 Å². The van der Waals surface area contributed by atoms with Crippen molar-refractivity contribution in [2.45, 2.75) is 27.7 Å². The molecule has 1 radical (unpaired) electrons. The van der Waals surface area contributed by atoms with Crippen LogP contribution in [-0.2, 0) is 5.11 Å². The molecule has 6 nitrogen and oxygen atoms in total. The normalized spacial score (nSPS) is 12.9. The van der Waals surface area contributed by atoms with E-state index in [9.17, 15) is 9.90 Å². The molecule has 2 heterocycles. The van der Waals surface area contributed by atoms with Crippen LogP contribution in [0, 0.1) is 19.8 Å². The van der Waals surface area contributed by atoms with Gasteiger partial charge in [0.25, 0.3) is 5.56 Å². The zero-order valence-electron chi connectivity index (χ0n) is 13.2. The average molecular weight is 299 g/mol. The predicted octanol–water partition coefficient (Wildman–Crippen LogP) is 3.38. The number of aryl methyl sites for hydroxylation is 2. The van der Waals surface area contributed by atoms with Crippen molar-refractivity contribution in [3.63, 3.8) is 0 Å². The maximum absolute atomic E-state index is 12.1. The summed E-state index contributed by atoms with van der Waals surface area (Å²) in [5.74, 6) is 0.759. The minimum Gasteiger partial charge on any atom is -0.346 e. The number of nitrogens with one attached hydrogen (secondary N) is 2. The standard InChI is InChI=1S/C16H19N4O2/c1-8(2)7-20-12-6-10(4)9(3)5-11(12)17-13-14(20)18-16(22)19-15(13)21/h5-6,8,17H,7H2,1-4H3,(H,18,19,21). The Bertz CT molecular complexity index is 795. The van der Waals surface area contributed by atoms with E-state index < -0.39 is 11.6 Å². The third-order valence-electron chi connectivity index (χ3n) is 3.84. The van der Waals surface area contributed by atoms with Crippen LogP contribution in [0.5, 0.6) is 6.01 Å². The van der Waals surface area contributed by atoms with Gasteiger partial charge in [-0.15, -0.1) is 0 Å². The number of anilines is 4. The quantitative estimate of drug-likeness (QED) is 0.890. The second-order valence-corrected chi connectivity index (χ2v) is 6.15. The van der Waals surface area contributed by atoms with Crippen molar-refractivity contribution in [2.24, 2.45) is 5.92 Å². The summed E-state index contributed by atoms with van der Waals surface area (Å²) in [5, 5.41) is 14.7. The molecule has 0 saturated carbocycles. The number of fused-ring (bicyclic) bond motifs is 2. The maximum atomic E-state index is 12.1. The molecule has 1 aromatic carbocycles. The van der Waals surface area contributed by atoms with Crippen molar-refractivity contribution in [3.05, 3.63) is 33.6 Å². The van der Waals surface area contributed by atoms with Gasteiger partial charge >= 0.3 is 6.01 Å². The van der Waals surface area contributed by atoms with Gasteiger partial charge in [0.15, 0.2) is 5.82 Å². The minimum atomic E-state index is -0.619. The van der Waals surface area contributed by atoms with Crippen LogP contribution in [0.2, 0.25) is 0 Å². The minimum absolute atomic E-state index is 0.330. The number of nitrogens with zero attached hydrogens (tertiary/aromatic N) is 2. The van der Waals surface area contributed by atoms with Crippen LogP contribution in [0.15, 0.2) is 16.9 Å². The summed E-state index contributed by atoms with van der Waals surface area (Å²) in [4.78, 5) is 20.3. The first-order valence-electron chi connectivity index (χ1n) is 7.34. The lowest BCUT2D eigenvalue weighted by Gasteiger charge is -2.33. The smallest absolute Gasteiger partial charge is 0.346 e. The topological polar surface area (TPSA) is 80.9 Å². The van der Waals surface area contributed by atoms with E-state index in [0.717, 1.165) is 22.5 Å². The molecule has 3 rings (SSSR count). The molecule has 1 aliphatic heterocycles. The number of aromatic amines is 1. The zero-order valence-corrected chi connectivity index (χ0v) is 13.2. The summed E-state index contributed by atoms with van der Waals surface area (Å²) in [6, 6.07) is 3.47. The molecule has 0 atom stereocenters. The highest BCUT2D eigenvalue weighted by Crippen LogP contribution is 2.42. The molecule has 0 spiro atoms. The number of H-pyrrole nitrogens is 1. The molecule has 115 valence electrons. The third kappa shape index (κ3) is 2.30.